The van der Waals surface area contributed by atoms with Crippen molar-refractivity contribution in [2.75, 3.05) is 26.7 Å². The van der Waals surface area contributed by atoms with Gasteiger partial charge in [0.15, 0.2) is 0 Å². The molecule has 0 spiro atoms. The molecule has 0 aromatic carbocycles. The summed E-state index contributed by atoms with van der Waals surface area (Å²) >= 11 is 0. The van der Waals surface area contributed by atoms with Crippen molar-refractivity contribution in [3.05, 3.63) is 0 Å². The fraction of sp³-hybridized carbons (Fsp3) is 1.00. The lowest BCUT2D eigenvalue weighted by Crippen LogP contribution is -2.44. The van der Waals surface area contributed by atoms with Crippen molar-refractivity contribution in [1.29, 1.82) is 0 Å². The van der Waals surface area contributed by atoms with Crippen molar-refractivity contribution in [2.24, 2.45) is 11.8 Å². The average Bonchev–Trinajstić information content (AvgIpc) is 2.47. The predicted molar refractivity (Wildman–Crippen MR) is 60.4 cm³/mol. The van der Waals surface area contributed by atoms with Crippen molar-refractivity contribution in [3.8, 4) is 0 Å². The molecule has 2 rings (SSSR count). The normalized spacial score (nSPS) is 34.9. The van der Waals surface area contributed by atoms with E-state index in [1.54, 1.807) is 0 Å². The fourth-order valence-corrected chi connectivity index (χ4v) is 3.30. The second kappa shape index (κ2) is 3.82. The number of likely N-dealkylation sites (tertiary alicyclic amines) is 1. The van der Waals surface area contributed by atoms with Crippen LogP contribution in [0.2, 0.25) is 0 Å². The Morgan fingerprint density at radius 1 is 1.14 bits per heavy atom. The Balaban J connectivity index is 1.95. The zero-order valence-electron chi connectivity index (χ0n) is 9.84. The Hall–Kier alpha value is -0.0800. The summed E-state index contributed by atoms with van der Waals surface area (Å²) in [5, 5.41) is 3.64. The Labute approximate surface area is 88.1 Å². The number of hydrogen-bond donors (Lipinski definition) is 1. The number of nitrogens with zero attached hydrogens (tertiary/aromatic N) is 1. The number of hydrogen-bond acceptors (Lipinski definition) is 2. The molecule has 0 aliphatic carbocycles. The van der Waals surface area contributed by atoms with E-state index >= 15 is 0 Å². The minimum Gasteiger partial charge on any atom is -0.311 e. The molecule has 1 atom stereocenters. The van der Waals surface area contributed by atoms with Crippen LogP contribution in [0.15, 0.2) is 0 Å². The zero-order valence-corrected chi connectivity index (χ0v) is 9.84. The summed E-state index contributed by atoms with van der Waals surface area (Å²) in [7, 11) is 2.24. The van der Waals surface area contributed by atoms with Crippen LogP contribution in [0.1, 0.15) is 33.1 Å². The van der Waals surface area contributed by atoms with E-state index in [2.05, 4.69) is 31.1 Å². The molecule has 2 nitrogen and oxygen atoms in total. The van der Waals surface area contributed by atoms with Gasteiger partial charge in [0.2, 0.25) is 0 Å². The van der Waals surface area contributed by atoms with Crippen LogP contribution in [0.4, 0.5) is 0 Å². The van der Waals surface area contributed by atoms with E-state index in [4.69, 9.17) is 0 Å². The average molecular weight is 196 g/mol. The van der Waals surface area contributed by atoms with Crippen molar-refractivity contribution < 1.29 is 0 Å². The van der Waals surface area contributed by atoms with Crippen LogP contribution in [0.3, 0.4) is 0 Å². The summed E-state index contributed by atoms with van der Waals surface area (Å²) in [6.45, 7) is 8.59. The molecule has 0 radical (unpaired) electrons. The van der Waals surface area contributed by atoms with Gasteiger partial charge in [-0.2, -0.15) is 0 Å². The summed E-state index contributed by atoms with van der Waals surface area (Å²) in [4.78, 5) is 2.46. The van der Waals surface area contributed by atoms with Gasteiger partial charge < -0.3 is 10.2 Å². The fourth-order valence-electron chi connectivity index (χ4n) is 3.30. The van der Waals surface area contributed by atoms with Crippen LogP contribution < -0.4 is 5.32 Å². The first-order chi connectivity index (χ1) is 6.59. The highest BCUT2D eigenvalue weighted by Gasteiger charge is 2.39. The van der Waals surface area contributed by atoms with Crippen LogP contribution in [0.5, 0.6) is 0 Å². The molecule has 2 fully saturated rings. The second-order valence-electron chi connectivity index (χ2n) is 5.68. The van der Waals surface area contributed by atoms with Crippen LogP contribution in [-0.2, 0) is 0 Å². The molecule has 2 aliphatic rings. The zero-order chi connectivity index (χ0) is 10.2. The lowest BCUT2D eigenvalue weighted by molar-refractivity contribution is 0.138. The first kappa shape index (κ1) is 10.4. The molecule has 0 saturated carbocycles. The molecule has 0 amide bonds. The van der Waals surface area contributed by atoms with Crippen LogP contribution in [0, 0.1) is 11.8 Å². The van der Waals surface area contributed by atoms with Gasteiger partial charge in [0, 0.05) is 5.54 Å². The molecule has 1 N–H and O–H groups in total. The number of nitrogens with one attached hydrogen (secondary N) is 1. The number of piperidine rings is 1. The van der Waals surface area contributed by atoms with Crippen LogP contribution >= 0.6 is 0 Å². The van der Waals surface area contributed by atoms with Crippen molar-refractivity contribution in [2.45, 2.75) is 38.6 Å². The molecule has 82 valence electrons. The summed E-state index contributed by atoms with van der Waals surface area (Å²) in [6, 6.07) is 0. The van der Waals surface area contributed by atoms with Gasteiger partial charge in [-0.1, -0.05) is 0 Å². The molecule has 14 heavy (non-hydrogen) atoms. The van der Waals surface area contributed by atoms with E-state index in [1.165, 1.54) is 38.9 Å². The molecule has 0 aromatic rings. The lowest BCUT2D eigenvalue weighted by atomic mass is 9.75. The van der Waals surface area contributed by atoms with E-state index in [-0.39, 0.29) is 0 Å². The quantitative estimate of drug-likeness (QED) is 0.687. The van der Waals surface area contributed by atoms with Crippen LogP contribution in [0.25, 0.3) is 0 Å². The number of rotatable bonds is 1. The highest BCUT2D eigenvalue weighted by Crippen LogP contribution is 2.37. The third kappa shape index (κ3) is 1.96. The van der Waals surface area contributed by atoms with Gasteiger partial charge in [0.25, 0.3) is 0 Å². The molecule has 2 heterocycles. The van der Waals surface area contributed by atoms with Crippen molar-refractivity contribution >= 4 is 0 Å². The van der Waals surface area contributed by atoms with Gasteiger partial charge in [-0.15, -0.1) is 0 Å². The minimum atomic E-state index is 0.389. The Morgan fingerprint density at radius 2 is 1.79 bits per heavy atom. The van der Waals surface area contributed by atoms with Gasteiger partial charge >= 0.3 is 0 Å². The predicted octanol–water partition coefficient (Wildman–Crippen LogP) is 1.72. The van der Waals surface area contributed by atoms with Gasteiger partial charge in [-0.3, -0.25) is 0 Å². The molecule has 2 saturated heterocycles. The maximum absolute atomic E-state index is 3.64. The van der Waals surface area contributed by atoms with Gasteiger partial charge in [0.05, 0.1) is 0 Å². The van der Waals surface area contributed by atoms with E-state index in [0.29, 0.717) is 5.54 Å². The minimum absolute atomic E-state index is 0.389. The Kier molecular flexibility index (Phi) is 2.85. The SMILES string of the molecule is CN1CCC(C2CCNC2(C)C)CC1. The summed E-state index contributed by atoms with van der Waals surface area (Å²) in [5.74, 6) is 1.88. The van der Waals surface area contributed by atoms with E-state index in [0.717, 1.165) is 11.8 Å². The summed E-state index contributed by atoms with van der Waals surface area (Å²) in [6.07, 6.45) is 4.21. The highest BCUT2D eigenvalue weighted by molar-refractivity contribution is 4.96. The molecule has 0 bridgehead atoms. The van der Waals surface area contributed by atoms with Gasteiger partial charge in [0.1, 0.15) is 0 Å². The van der Waals surface area contributed by atoms with Crippen molar-refractivity contribution in [3.63, 3.8) is 0 Å². The first-order valence-electron chi connectivity index (χ1n) is 6.03. The highest BCUT2D eigenvalue weighted by atomic mass is 15.1. The Bertz CT molecular complexity index is 192. The molecule has 0 aromatic heterocycles. The van der Waals surface area contributed by atoms with Crippen molar-refractivity contribution in [1.82, 2.24) is 10.2 Å². The third-order valence-corrected chi connectivity index (χ3v) is 4.30. The lowest BCUT2D eigenvalue weighted by Gasteiger charge is -2.38. The summed E-state index contributed by atoms with van der Waals surface area (Å²) in [5.41, 5.74) is 0.389. The monoisotopic (exact) mass is 196 g/mol. The van der Waals surface area contributed by atoms with Gasteiger partial charge in [-0.05, 0) is 71.6 Å². The summed E-state index contributed by atoms with van der Waals surface area (Å²) < 4.78 is 0. The molecular weight excluding hydrogens is 172 g/mol. The largest absolute Gasteiger partial charge is 0.311 e. The van der Waals surface area contributed by atoms with E-state index in [1.807, 2.05) is 0 Å². The standard InChI is InChI=1S/C12H24N2/c1-12(2)11(4-7-13-12)10-5-8-14(3)9-6-10/h10-11,13H,4-9H2,1-3H3. The molecule has 2 aliphatic heterocycles. The maximum Gasteiger partial charge on any atom is 0.0156 e. The maximum atomic E-state index is 3.64. The van der Waals surface area contributed by atoms with Crippen LogP contribution in [-0.4, -0.2) is 37.1 Å². The first-order valence-corrected chi connectivity index (χ1v) is 6.03. The van der Waals surface area contributed by atoms with Gasteiger partial charge in [-0.25, -0.2) is 0 Å². The smallest absolute Gasteiger partial charge is 0.0156 e. The van der Waals surface area contributed by atoms with E-state index < -0.39 is 0 Å². The molecule has 1 unspecified atom stereocenters. The topological polar surface area (TPSA) is 15.3 Å². The second-order valence-corrected chi connectivity index (χ2v) is 5.68. The molecule has 2 heteroatoms. The molecular formula is C12H24N2. The van der Waals surface area contributed by atoms with E-state index in [9.17, 15) is 0 Å². The Morgan fingerprint density at radius 3 is 2.29 bits per heavy atom. The third-order valence-electron chi connectivity index (χ3n) is 4.30.